The van der Waals surface area contributed by atoms with E-state index in [2.05, 4.69) is 21.4 Å². The number of anilines is 1. The van der Waals surface area contributed by atoms with E-state index in [-0.39, 0.29) is 6.03 Å². The van der Waals surface area contributed by atoms with Crippen molar-refractivity contribution >= 4 is 11.7 Å². The molecule has 2 aromatic rings. The Labute approximate surface area is 146 Å². The first-order chi connectivity index (χ1) is 12.1. The number of piperazine rings is 1. The molecule has 1 aromatic carbocycles. The standard InChI is InChI=1S/C18H21N5O2/c1-13-17(14(2)25-21-13)12-22-7-9-23(10-8-22)18(24)20-16-5-3-15(11-19)4-6-16/h3-6H,7-10,12H2,1-2H3,(H,20,24). The molecule has 0 saturated carbocycles. The molecule has 0 atom stereocenters. The first kappa shape index (κ1) is 17.0. The number of carbonyl (C=O) groups excluding carboxylic acids is 1. The number of urea groups is 1. The van der Waals surface area contributed by atoms with Crippen molar-refractivity contribution in [3.8, 4) is 6.07 Å². The molecule has 0 bridgehead atoms. The first-order valence-electron chi connectivity index (χ1n) is 8.27. The summed E-state index contributed by atoms with van der Waals surface area (Å²) < 4.78 is 5.21. The summed E-state index contributed by atoms with van der Waals surface area (Å²) in [6, 6.07) is 8.82. The van der Waals surface area contributed by atoms with Crippen molar-refractivity contribution in [3.05, 3.63) is 46.8 Å². The molecule has 0 radical (unpaired) electrons. The second-order valence-electron chi connectivity index (χ2n) is 6.19. The zero-order valence-electron chi connectivity index (χ0n) is 14.5. The molecule has 0 spiro atoms. The van der Waals surface area contributed by atoms with E-state index in [1.54, 1.807) is 24.3 Å². The zero-order valence-corrected chi connectivity index (χ0v) is 14.5. The maximum absolute atomic E-state index is 12.4. The molecule has 1 N–H and O–H groups in total. The Hall–Kier alpha value is -2.85. The lowest BCUT2D eigenvalue weighted by Gasteiger charge is -2.34. The third kappa shape index (κ3) is 3.98. The van der Waals surface area contributed by atoms with Gasteiger partial charge in [-0.2, -0.15) is 5.26 Å². The highest BCUT2D eigenvalue weighted by Gasteiger charge is 2.22. The van der Waals surface area contributed by atoms with Gasteiger partial charge in [-0.15, -0.1) is 0 Å². The topological polar surface area (TPSA) is 85.4 Å². The van der Waals surface area contributed by atoms with Crippen molar-refractivity contribution in [1.82, 2.24) is 15.0 Å². The Morgan fingerprint density at radius 3 is 2.48 bits per heavy atom. The summed E-state index contributed by atoms with van der Waals surface area (Å²) in [5.74, 6) is 0.860. The maximum Gasteiger partial charge on any atom is 0.321 e. The summed E-state index contributed by atoms with van der Waals surface area (Å²) in [5.41, 5.74) is 3.34. The number of nitrogens with zero attached hydrogens (tertiary/aromatic N) is 4. The number of benzene rings is 1. The predicted octanol–water partition coefficient (Wildman–Crippen LogP) is 2.51. The highest BCUT2D eigenvalue weighted by molar-refractivity contribution is 5.89. The van der Waals surface area contributed by atoms with E-state index < -0.39 is 0 Å². The SMILES string of the molecule is Cc1noc(C)c1CN1CCN(C(=O)Nc2ccc(C#N)cc2)CC1. The van der Waals surface area contributed by atoms with Crippen molar-refractivity contribution in [1.29, 1.82) is 5.26 Å². The molecule has 1 fully saturated rings. The van der Waals surface area contributed by atoms with Gasteiger partial charge in [-0.3, -0.25) is 4.90 Å². The van der Waals surface area contributed by atoms with Crippen LogP contribution in [0.2, 0.25) is 0 Å². The highest BCUT2D eigenvalue weighted by Crippen LogP contribution is 2.17. The molecule has 25 heavy (non-hydrogen) atoms. The monoisotopic (exact) mass is 339 g/mol. The molecule has 0 unspecified atom stereocenters. The van der Waals surface area contributed by atoms with Gasteiger partial charge in [0.1, 0.15) is 5.76 Å². The van der Waals surface area contributed by atoms with E-state index in [1.807, 2.05) is 18.7 Å². The van der Waals surface area contributed by atoms with Gasteiger partial charge in [-0.05, 0) is 38.1 Å². The highest BCUT2D eigenvalue weighted by atomic mass is 16.5. The van der Waals surface area contributed by atoms with Crippen LogP contribution in [0.5, 0.6) is 0 Å². The Morgan fingerprint density at radius 2 is 1.92 bits per heavy atom. The lowest BCUT2D eigenvalue weighted by atomic mass is 10.2. The summed E-state index contributed by atoms with van der Waals surface area (Å²) >= 11 is 0. The van der Waals surface area contributed by atoms with Gasteiger partial charge in [0, 0.05) is 44.0 Å². The molecule has 3 rings (SSSR count). The lowest BCUT2D eigenvalue weighted by molar-refractivity contribution is 0.142. The van der Waals surface area contributed by atoms with E-state index >= 15 is 0 Å². The molecule has 0 aliphatic carbocycles. The molecular formula is C18H21N5O2. The first-order valence-corrected chi connectivity index (χ1v) is 8.27. The van der Waals surface area contributed by atoms with Gasteiger partial charge in [0.25, 0.3) is 0 Å². The quantitative estimate of drug-likeness (QED) is 0.929. The van der Waals surface area contributed by atoms with Crippen LogP contribution in [0, 0.1) is 25.2 Å². The molecule has 1 aromatic heterocycles. The number of carbonyl (C=O) groups is 1. The van der Waals surface area contributed by atoms with Crippen LogP contribution in [0.15, 0.2) is 28.8 Å². The summed E-state index contributed by atoms with van der Waals surface area (Å²) in [7, 11) is 0. The average molecular weight is 339 g/mol. The van der Waals surface area contributed by atoms with E-state index in [4.69, 9.17) is 9.78 Å². The largest absolute Gasteiger partial charge is 0.361 e. The van der Waals surface area contributed by atoms with Crippen molar-refractivity contribution in [2.75, 3.05) is 31.5 Å². The predicted molar refractivity (Wildman–Crippen MR) is 93.0 cm³/mol. The smallest absolute Gasteiger partial charge is 0.321 e. The Kier molecular flexibility index (Phi) is 5.00. The lowest BCUT2D eigenvalue weighted by Crippen LogP contribution is -2.49. The molecular weight excluding hydrogens is 318 g/mol. The summed E-state index contributed by atoms with van der Waals surface area (Å²) in [6.07, 6.45) is 0. The van der Waals surface area contributed by atoms with Crippen molar-refractivity contribution in [2.24, 2.45) is 0 Å². The molecule has 1 aliphatic rings. The third-order valence-electron chi connectivity index (χ3n) is 4.49. The number of hydrogen-bond donors (Lipinski definition) is 1. The molecule has 7 heteroatoms. The van der Waals surface area contributed by atoms with Gasteiger partial charge >= 0.3 is 6.03 Å². The fourth-order valence-corrected chi connectivity index (χ4v) is 2.89. The third-order valence-corrected chi connectivity index (χ3v) is 4.49. The zero-order chi connectivity index (χ0) is 17.8. The molecule has 130 valence electrons. The van der Waals surface area contributed by atoms with Crippen LogP contribution < -0.4 is 5.32 Å². The van der Waals surface area contributed by atoms with Crippen LogP contribution in [0.25, 0.3) is 0 Å². The minimum Gasteiger partial charge on any atom is -0.361 e. The summed E-state index contributed by atoms with van der Waals surface area (Å²) in [5, 5.41) is 15.7. The van der Waals surface area contributed by atoms with Crippen LogP contribution in [0.1, 0.15) is 22.6 Å². The number of rotatable bonds is 3. The molecule has 1 aliphatic heterocycles. The van der Waals surface area contributed by atoms with Crippen molar-refractivity contribution in [3.63, 3.8) is 0 Å². The van der Waals surface area contributed by atoms with Crippen LogP contribution in [-0.4, -0.2) is 47.2 Å². The number of nitrogens with one attached hydrogen (secondary N) is 1. The van der Waals surface area contributed by atoms with Crippen molar-refractivity contribution < 1.29 is 9.32 Å². The van der Waals surface area contributed by atoms with Gasteiger partial charge in [-0.25, -0.2) is 4.79 Å². The number of aromatic nitrogens is 1. The number of amides is 2. The van der Waals surface area contributed by atoms with Gasteiger partial charge < -0.3 is 14.7 Å². The minimum atomic E-state index is -0.110. The summed E-state index contributed by atoms with van der Waals surface area (Å²) in [6.45, 7) is 7.64. The minimum absolute atomic E-state index is 0.110. The Morgan fingerprint density at radius 1 is 1.24 bits per heavy atom. The van der Waals surface area contributed by atoms with E-state index in [9.17, 15) is 4.79 Å². The fraction of sp³-hybridized carbons (Fsp3) is 0.389. The Balaban J connectivity index is 1.51. The van der Waals surface area contributed by atoms with E-state index in [0.717, 1.165) is 36.7 Å². The normalized spacial score (nSPS) is 15.0. The van der Waals surface area contributed by atoms with Gasteiger partial charge in [0.2, 0.25) is 0 Å². The maximum atomic E-state index is 12.4. The van der Waals surface area contributed by atoms with E-state index in [0.29, 0.717) is 24.3 Å². The average Bonchev–Trinajstić information content (AvgIpc) is 2.95. The van der Waals surface area contributed by atoms with E-state index in [1.165, 1.54) is 0 Å². The van der Waals surface area contributed by atoms with Crippen molar-refractivity contribution in [2.45, 2.75) is 20.4 Å². The molecule has 1 saturated heterocycles. The van der Waals surface area contributed by atoms with Gasteiger partial charge in [0.15, 0.2) is 0 Å². The number of nitriles is 1. The molecule has 2 heterocycles. The van der Waals surface area contributed by atoms with Crippen LogP contribution in [0.3, 0.4) is 0 Å². The fourth-order valence-electron chi connectivity index (χ4n) is 2.89. The second kappa shape index (κ2) is 7.36. The Bertz CT molecular complexity index is 763. The number of hydrogen-bond acceptors (Lipinski definition) is 5. The van der Waals surface area contributed by atoms with Crippen LogP contribution >= 0.6 is 0 Å². The molecule has 7 nitrogen and oxygen atoms in total. The van der Waals surface area contributed by atoms with Crippen LogP contribution in [-0.2, 0) is 6.54 Å². The second-order valence-corrected chi connectivity index (χ2v) is 6.19. The summed E-state index contributed by atoms with van der Waals surface area (Å²) in [4.78, 5) is 16.5. The van der Waals surface area contributed by atoms with Crippen LogP contribution in [0.4, 0.5) is 10.5 Å². The van der Waals surface area contributed by atoms with Gasteiger partial charge in [-0.1, -0.05) is 5.16 Å². The molecule has 2 amide bonds. The van der Waals surface area contributed by atoms with Gasteiger partial charge in [0.05, 0.1) is 17.3 Å². The number of aryl methyl sites for hydroxylation is 2.